The highest BCUT2D eigenvalue weighted by molar-refractivity contribution is 9.10. The van der Waals surface area contributed by atoms with Crippen LogP contribution in [-0.4, -0.2) is 10.5 Å². The fourth-order valence-corrected chi connectivity index (χ4v) is 2.76. The molecule has 0 aliphatic carbocycles. The molecule has 0 aliphatic heterocycles. The molecule has 0 saturated carbocycles. The number of thiophene rings is 1. The van der Waals surface area contributed by atoms with Crippen LogP contribution in [0.2, 0.25) is 0 Å². The molecule has 2 aromatic heterocycles. The molecule has 0 unspecified atom stereocenters. The van der Waals surface area contributed by atoms with Crippen molar-refractivity contribution in [1.29, 1.82) is 0 Å². The lowest BCUT2D eigenvalue weighted by Gasteiger charge is -2.06. The predicted molar refractivity (Wildman–Crippen MR) is 76.0 cm³/mol. The van der Waals surface area contributed by atoms with Crippen LogP contribution in [0.4, 0.5) is 5.69 Å². The molecular weight excluding hydrogens is 316 g/mol. The third-order valence-electron chi connectivity index (χ3n) is 2.30. The van der Waals surface area contributed by atoms with Gasteiger partial charge in [-0.1, -0.05) is 6.07 Å². The number of aromatic nitrogens is 1. The maximum absolute atomic E-state index is 11.8. The Balaban J connectivity index is 2.14. The van der Waals surface area contributed by atoms with Gasteiger partial charge in [0.1, 0.15) is 5.69 Å². The van der Waals surface area contributed by atoms with Crippen molar-refractivity contribution < 1.29 is 4.79 Å². The van der Waals surface area contributed by atoms with E-state index in [9.17, 15) is 9.59 Å². The normalized spacial score (nSPS) is 10.3. The smallest absolute Gasteiger partial charge is 0.229 e. The molecule has 0 fully saturated rings. The second kappa shape index (κ2) is 5.49. The second-order valence-corrected chi connectivity index (χ2v) is 5.71. The minimum absolute atomic E-state index is 0.187. The standard InChI is InChI=1S/C12H11BrN2O2S/c1-15-6-9(13)12(17)10(7-15)14-11(16)5-8-3-2-4-18-8/h2-4,6-7H,5H2,1H3,(H,14,16). The Morgan fingerprint density at radius 3 is 2.94 bits per heavy atom. The monoisotopic (exact) mass is 326 g/mol. The van der Waals surface area contributed by atoms with Crippen molar-refractivity contribution >= 4 is 38.9 Å². The van der Waals surface area contributed by atoms with E-state index in [0.29, 0.717) is 4.47 Å². The van der Waals surface area contributed by atoms with Gasteiger partial charge in [0.2, 0.25) is 11.3 Å². The first-order valence-electron chi connectivity index (χ1n) is 5.24. The molecule has 0 radical (unpaired) electrons. The zero-order valence-electron chi connectivity index (χ0n) is 9.64. The SMILES string of the molecule is Cn1cc(Br)c(=O)c(NC(=O)Cc2cccs2)c1. The third kappa shape index (κ3) is 3.08. The van der Waals surface area contributed by atoms with E-state index in [2.05, 4.69) is 21.2 Å². The molecule has 94 valence electrons. The Kier molecular flexibility index (Phi) is 3.98. The summed E-state index contributed by atoms with van der Waals surface area (Å²) in [6, 6.07) is 3.79. The van der Waals surface area contributed by atoms with Gasteiger partial charge in [0.15, 0.2) is 0 Å². The number of anilines is 1. The van der Waals surface area contributed by atoms with Crippen LogP contribution in [0.1, 0.15) is 4.88 Å². The van der Waals surface area contributed by atoms with Gasteiger partial charge in [-0.25, -0.2) is 0 Å². The second-order valence-electron chi connectivity index (χ2n) is 3.82. The molecule has 0 aromatic carbocycles. The van der Waals surface area contributed by atoms with E-state index in [1.165, 1.54) is 11.3 Å². The largest absolute Gasteiger partial charge is 0.354 e. The minimum Gasteiger partial charge on any atom is -0.354 e. The lowest BCUT2D eigenvalue weighted by atomic mass is 10.3. The molecule has 2 aromatic rings. The molecule has 0 spiro atoms. The summed E-state index contributed by atoms with van der Waals surface area (Å²) >= 11 is 4.68. The number of hydrogen-bond donors (Lipinski definition) is 1. The van der Waals surface area contributed by atoms with Gasteiger partial charge >= 0.3 is 0 Å². The molecule has 18 heavy (non-hydrogen) atoms. The van der Waals surface area contributed by atoms with Crippen LogP contribution in [0, 0.1) is 0 Å². The Morgan fingerprint density at radius 1 is 1.50 bits per heavy atom. The van der Waals surface area contributed by atoms with Crippen molar-refractivity contribution in [2.45, 2.75) is 6.42 Å². The number of nitrogens with zero attached hydrogens (tertiary/aromatic N) is 1. The molecule has 1 N–H and O–H groups in total. The van der Waals surface area contributed by atoms with E-state index in [0.717, 1.165) is 4.88 Å². The fourth-order valence-electron chi connectivity index (χ4n) is 1.52. The third-order valence-corrected chi connectivity index (χ3v) is 3.74. The van der Waals surface area contributed by atoms with Crippen molar-refractivity contribution in [2.75, 3.05) is 5.32 Å². The summed E-state index contributed by atoms with van der Waals surface area (Å²) in [6.07, 6.45) is 3.53. The molecule has 6 heteroatoms. The van der Waals surface area contributed by atoms with Crippen LogP contribution >= 0.6 is 27.3 Å². The molecule has 4 nitrogen and oxygen atoms in total. The Labute approximate surface area is 116 Å². The van der Waals surface area contributed by atoms with Gasteiger partial charge in [-0.2, -0.15) is 0 Å². The average molecular weight is 327 g/mol. The van der Waals surface area contributed by atoms with Crippen molar-refractivity contribution in [3.05, 3.63) is 49.5 Å². The molecular formula is C12H11BrN2O2S. The molecule has 0 saturated heterocycles. The van der Waals surface area contributed by atoms with Crippen LogP contribution in [-0.2, 0) is 18.3 Å². The number of amides is 1. The van der Waals surface area contributed by atoms with E-state index in [4.69, 9.17) is 0 Å². The highest BCUT2D eigenvalue weighted by Gasteiger charge is 2.09. The van der Waals surface area contributed by atoms with Gasteiger partial charge in [-0.3, -0.25) is 9.59 Å². The number of carbonyl (C=O) groups is 1. The van der Waals surface area contributed by atoms with Crippen LogP contribution < -0.4 is 10.7 Å². The fraction of sp³-hybridized carbons (Fsp3) is 0.167. The van der Waals surface area contributed by atoms with E-state index in [1.54, 1.807) is 24.0 Å². The summed E-state index contributed by atoms with van der Waals surface area (Å²) in [6.45, 7) is 0. The van der Waals surface area contributed by atoms with Crippen LogP contribution in [0.15, 0.2) is 39.2 Å². The van der Waals surface area contributed by atoms with Gasteiger partial charge < -0.3 is 9.88 Å². The van der Waals surface area contributed by atoms with Crippen molar-refractivity contribution in [2.24, 2.45) is 7.05 Å². The number of halogens is 1. The van der Waals surface area contributed by atoms with Crippen molar-refractivity contribution in [3.8, 4) is 0 Å². The van der Waals surface area contributed by atoms with Crippen LogP contribution in [0.5, 0.6) is 0 Å². The molecule has 0 bridgehead atoms. The Bertz CT molecular complexity index is 620. The average Bonchev–Trinajstić information content (AvgIpc) is 2.77. The molecule has 0 atom stereocenters. The van der Waals surface area contributed by atoms with E-state index < -0.39 is 0 Å². The van der Waals surface area contributed by atoms with E-state index >= 15 is 0 Å². The lowest BCUT2D eigenvalue weighted by molar-refractivity contribution is -0.115. The summed E-state index contributed by atoms with van der Waals surface area (Å²) in [4.78, 5) is 24.5. The lowest BCUT2D eigenvalue weighted by Crippen LogP contribution is -2.21. The highest BCUT2D eigenvalue weighted by atomic mass is 79.9. The number of carbonyl (C=O) groups excluding carboxylic acids is 1. The number of rotatable bonds is 3. The maximum Gasteiger partial charge on any atom is 0.229 e. The number of aryl methyl sites for hydroxylation is 1. The molecule has 2 rings (SSSR count). The van der Waals surface area contributed by atoms with Gasteiger partial charge in [0.25, 0.3) is 0 Å². The first-order chi connectivity index (χ1) is 8.56. The molecule has 2 heterocycles. The van der Waals surface area contributed by atoms with Gasteiger partial charge in [-0.05, 0) is 27.4 Å². The number of nitrogens with one attached hydrogen (secondary N) is 1. The zero-order valence-corrected chi connectivity index (χ0v) is 12.0. The summed E-state index contributed by atoms with van der Waals surface area (Å²) in [5.41, 5.74) is 0.0704. The quantitative estimate of drug-likeness (QED) is 0.941. The number of pyridine rings is 1. The van der Waals surface area contributed by atoms with Gasteiger partial charge in [0.05, 0.1) is 10.9 Å². The predicted octanol–water partition coefficient (Wildman–Crippen LogP) is 2.39. The number of hydrogen-bond acceptors (Lipinski definition) is 3. The maximum atomic E-state index is 11.8. The summed E-state index contributed by atoms with van der Waals surface area (Å²) in [5, 5.41) is 4.55. The van der Waals surface area contributed by atoms with E-state index in [1.807, 2.05) is 17.5 Å². The van der Waals surface area contributed by atoms with E-state index in [-0.39, 0.29) is 23.4 Å². The minimum atomic E-state index is -0.215. The highest BCUT2D eigenvalue weighted by Crippen LogP contribution is 2.11. The summed E-state index contributed by atoms with van der Waals surface area (Å²) < 4.78 is 2.14. The molecule has 1 amide bonds. The van der Waals surface area contributed by atoms with Gasteiger partial charge in [0, 0.05) is 24.3 Å². The summed E-state index contributed by atoms with van der Waals surface area (Å²) in [5.74, 6) is -0.187. The Morgan fingerprint density at radius 2 is 2.28 bits per heavy atom. The Hall–Kier alpha value is -1.40. The summed E-state index contributed by atoms with van der Waals surface area (Å²) in [7, 11) is 1.79. The van der Waals surface area contributed by atoms with Gasteiger partial charge in [-0.15, -0.1) is 11.3 Å². The topological polar surface area (TPSA) is 51.1 Å². The first kappa shape index (κ1) is 13.0. The first-order valence-corrected chi connectivity index (χ1v) is 6.91. The van der Waals surface area contributed by atoms with Crippen molar-refractivity contribution in [1.82, 2.24) is 4.57 Å². The van der Waals surface area contributed by atoms with Crippen molar-refractivity contribution in [3.63, 3.8) is 0 Å². The molecule has 0 aliphatic rings. The zero-order chi connectivity index (χ0) is 13.1. The van der Waals surface area contributed by atoms with Crippen LogP contribution in [0.3, 0.4) is 0 Å². The van der Waals surface area contributed by atoms with Crippen LogP contribution in [0.25, 0.3) is 0 Å².